The summed E-state index contributed by atoms with van der Waals surface area (Å²) in [6, 6.07) is -0.685. The summed E-state index contributed by atoms with van der Waals surface area (Å²) in [4.78, 5) is 11.4. The maximum absolute atomic E-state index is 11.4. The van der Waals surface area contributed by atoms with E-state index in [1.807, 2.05) is 6.08 Å². The molecule has 0 radical (unpaired) electrons. The van der Waals surface area contributed by atoms with E-state index in [1.54, 1.807) is 12.2 Å². The van der Waals surface area contributed by atoms with Gasteiger partial charge in [-0.15, -0.1) is 0 Å². The zero-order valence-electron chi connectivity index (χ0n) is 7.88. The number of hydrogen-bond donors (Lipinski definition) is 2. The van der Waals surface area contributed by atoms with Crippen LogP contribution in [0.25, 0.3) is 0 Å². The third-order valence-corrected chi connectivity index (χ3v) is 3.30. The summed E-state index contributed by atoms with van der Waals surface area (Å²) in [6.07, 6.45) is 5.96. The Labute approximate surface area is 87.6 Å². The van der Waals surface area contributed by atoms with Gasteiger partial charge in [-0.2, -0.15) is 12.7 Å². The average molecular weight is 229 g/mol. The lowest BCUT2D eigenvalue weighted by atomic mass is 9.95. The summed E-state index contributed by atoms with van der Waals surface area (Å²) in [5.74, 6) is -0.00831. The smallest absolute Gasteiger partial charge is 0.336 e. The molecular formula is C8H11N3O3S. The lowest BCUT2D eigenvalue weighted by Gasteiger charge is -2.34. The lowest BCUT2D eigenvalue weighted by molar-refractivity contribution is 0.216. The Bertz CT molecular complexity index is 452. The zero-order chi connectivity index (χ0) is 11.1. The highest BCUT2D eigenvalue weighted by molar-refractivity contribution is 7.87. The molecule has 0 aromatic carbocycles. The fraction of sp³-hybridized carbons (Fsp3) is 0.375. The third-order valence-electron chi connectivity index (χ3n) is 2.42. The van der Waals surface area contributed by atoms with E-state index in [9.17, 15) is 13.2 Å². The van der Waals surface area contributed by atoms with Crippen LogP contribution in [0.15, 0.2) is 23.9 Å². The van der Waals surface area contributed by atoms with Gasteiger partial charge in [0.05, 0.1) is 0 Å². The molecule has 1 aliphatic carbocycles. The van der Waals surface area contributed by atoms with Crippen LogP contribution in [-0.4, -0.2) is 25.3 Å². The Morgan fingerprint density at radius 3 is 2.93 bits per heavy atom. The SMILES string of the molecule is NS(=O)(=O)N1C(=O)NCC2CC=CC=C21. The second-order valence-corrected chi connectivity index (χ2v) is 4.84. The number of nitrogens with two attached hydrogens (primary N) is 1. The zero-order valence-corrected chi connectivity index (χ0v) is 8.70. The lowest BCUT2D eigenvalue weighted by Crippen LogP contribution is -2.53. The summed E-state index contributed by atoms with van der Waals surface area (Å²) in [5.41, 5.74) is 0.448. The fourth-order valence-corrected chi connectivity index (χ4v) is 2.55. The Hall–Kier alpha value is -1.34. The van der Waals surface area contributed by atoms with Gasteiger partial charge in [0.1, 0.15) is 0 Å². The molecule has 2 rings (SSSR count). The normalized spacial score (nSPS) is 25.7. The molecular weight excluding hydrogens is 218 g/mol. The average Bonchev–Trinajstić information content (AvgIpc) is 2.15. The van der Waals surface area contributed by atoms with E-state index in [-0.39, 0.29) is 5.92 Å². The van der Waals surface area contributed by atoms with Crippen LogP contribution in [-0.2, 0) is 10.2 Å². The third kappa shape index (κ3) is 1.75. The summed E-state index contributed by atoms with van der Waals surface area (Å²) in [7, 11) is -4.03. The van der Waals surface area contributed by atoms with E-state index in [0.717, 1.165) is 0 Å². The summed E-state index contributed by atoms with van der Waals surface area (Å²) in [6.45, 7) is 0.445. The molecule has 0 saturated carbocycles. The number of rotatable bonds is 1. The van der Waals surface area contributed by atoms with Crippen molar-refractivity contribution in [1.82, 2.24) is 9.62 Å². The van der Waals surface area contributed by atoms with Gasteiger partial charge in [0.15, 0.2) is 0 Å². The highest BCUT2D eigenvalue weighted by atomic mass is 32.2. The predicted octanol–water partition coefficient (Wildman–Crippen LogP) is -0.325. The van der Waals surface area contributed by atoms with Crippen molar-refractivity contribution < 1.29 is 13.2 Å². The molecule has 1 heterocycles. The van der Waals surface area contributed by atoms with Crippen molar-refractivity contribution in [3.8, 4) is 0 Å². The van der Waals surface area contributed by atoms with Crippen molar-refractivity contribution in [2.24, 2.45) is 11.1 Å². The molecule has 0 aromatic heterocycles. The van der Waals surface area contributed by atoms with Crippen LogP contribution in [0.3, 0.4) is 0 Å². The highest BCUT2D eigenvalue weighted by Gasteiger charge is 2.36. The number of nitrogens with one attached hydrogen (secondary N) is 1. The van der Waals surface area contributed by atoms with Gasteiger partial charge in [-0.05, 0) is 12.5 Å². The molecule has 82 valence electrons. The topological polar surface area (TPSA) is 92.5 Å². The van der Waals surface area contributed by atoms with Crippen LogP contribution in [0.5, 0.6) is 0 Å². The number of nitrogens with zero attached hydrogens (tertiary/aromatic N) is 1. The molecule has 0 bridgehead atoms. The van der Waals surface area contributed by atoms with E-state index in [0.29, 0.717) is 23.0 Å². The van der Waals surface area contributed by atoms with Crippen molar-refractivity contribution in [1.29, 1.82) is 0 Å². The molecule has 0 aromatic rings. The van der Waals surface area contributed by atoms with E-state index < -0.39 is 16.2 Å². The van der Waals surface area contributed by atoms with Crippen LogP contribution in [0.2, 0.25) is 0 Å². The number of allylic oxidation sites excluding steroid dienone is 3. The predicted molar refractivity (Wildman–Crippen MR) is 53.7 cm³/mol. The quantitative estimate of drug-likeness (QED) is 0.645. The molecule has 6 nitrogen and oxygen atoms in total. The standard InChI is InChI=1S/C8H11N3O3S/c9-15(13,14)11-7-4-2-1-3-6(7)5-10-8(11)12/h1-2,4,6H,3,5H2,(H,10,12)(H2,9,13,14). The molecule has 1 fully saturated rings. The number of hydrogen-bond acceptors (Lipinski definition) is 3. The van der Waals surface area contributed by atoms with Crippen molar-refractivity contribution in [2.45, 2.75) is 6.42 Å². The van der Waals surface area contributed by atoms with Crippen LogP contribution < -0.4 is 10.5 Å². The first kappa shape index (κ1) is 10.2. The highest BCUT2D eigenvalue weighted by Crippen LogP contribution is 2.27. The van der Waals surface area contributed by atoms with Gasteiger partial charge in [-0.3, -0.25) is 0 Å². The number of urea groups is 1. The van der Waals surface area contributed by atoms with Gasteiger partial charge in [0, 0.05) is 18.2 Å². The van der Waals surface area contributed by atoms with E-state index in [4.69, 9.17) is 5.14 Å². The molecule has 1 unspecified atom stereocenters. The Kier molecular flexibility index (Phi) is 2.28. The first-order valence-electron chi connectivity index (χ1n) is 4.48. The number of fused-ring (bicyclic) bond motifs is 1. The first-order chi connectivity index (χ1) is 7.00. The molecule has 15 heavy (non-hydrogen) atoms. The second-order valence-electron chi connectivity index (χ2n) is 3.45. The van der Waals surface area contributed by atoms with E-state index in [2.05, 4.69) is 5.32 Å². The van der Waals surface area contributed by atoms with Gasteiger partial charge in [0.2, 0.25) is 0 Å². The molecule has 1 aliphatic heterocycles. The van der Waals surface area contributed by atoms with Crippen molar-refractivity contribution in [2.75, 3.05) is 6.54 Å². The summed E-state index contributed by atoms with van der Waals surface area (Å²) < 4.78 is 23.1. The number of carbonyl (C=O) groups excluding carboxylic acids is 1. The first-order valence-corrected chi connectivity index (χ1v) is 5.98. The second kappa shape index (κ2) is 3.35. The Morgan fingerprint density at radius 1 is 1.53 bits per heavy atom. The molecule has 3 N–H and O–H groups in total. The fourth-order valence-electron chi connectivity index (χ4n) is 1.75. The largest absolute Gasteiger partial charge is 0.336 e. The van der Waals surface area contributed by atoms with Crippen molar-refractivity contribution >= 4 is 16.2 Å². The van der Waals surface area contributed by atoms with Gasteiger partial charge in [-0.25, -0.2) is 9.93 Å². The van der Waals surface area contributed by atoms with Gasteiger partial charge >= 0.3 is 16.2 Å². The van der Waals surface area contributed by atoms with Crippen molar-refractivity contribution in [3.05, 3.63) is 23.9 Å². The van der Waals surface area contributed by atoms with Gasteiger partial charge in [0.25, 0.3) is 0 Å². The number of amides is 2. The maximum Gasteiger partial charge on any atom is 0.336 e. The number of carbonyl (C=O) groups is 1. The van der Waals surface area contributed by atoms with E-state index in [1.165, 1.54) is 0 Å². The van der Waals surface area contributed by atoms with Crippen LogP contribution in [0, 0.1) is 5.92 Å². The maximum atomic E-state index is 11.4. The molecule has 2 aliphatic rings. The van der Waals surface area contributed by atoms with Crippen LogP contribution in [0.4, 0.5) is 4.79 Å². The van der Waals surface area contributed by atoms with Gasteiger partial charge < -0.3 is 5.32 Å². The molecule has 2 amide bonds. The summed E-state index contributed by atoms with van der Waals surface area (Å²) >= 11 is 0. The molecule has 0 spiro atoms. The molecule has 1 saturated heterocycles. The van der Waals surface area contributed by atoms with Gasteiger partial charge in [-0.1, -0.05) is 12.2 Å². The van der Waals surface area contributed by atoms with Crippen molar-refractivity contribution in [3.63, 3.8) is 0 Å². The minimum absolute atomic E-state index is 0.00831. The van der Waals surface area contributed by atoms with Crippen LogP contribution in [0.1, 0.15) is 6.42 Å². The molecule has 7 heteroatoms. The monoisotopic (exact) mass is 229 g/mol. The minimum atomic E-state index is -4.03. The van der Waals surface area contributed by atoms with E-state index >= 15 is 0 Å². The van der Waals surface area contributed by atoms with Crippen LogP contribution >= 0.6 is 0 Å². The minimum Gasteiger partial charge on any atom is -0.336 e. The Morgan fingerprint density at radius 2 is 2.27 bits per heavy atom. The molecule has 1 atom stereocenters. The summed E-state index contributed by atoms with van der Waals surface area (Å²) in [5, 5.41) is 7.47. The Balaban J connectivity index is 2.45.